The van der Waals surface area contributed by atoms with Gasteiger partial charge in [-0.15, -0.1) is 0 Å². The molecule has 176 valence electrons. The van der Waals surface area contributed by atoms with Crippen LogP contribution < -0.4 is 11.2 Å². The van der Waals surface area contributed by atoms with Crippen LogP contribution in [-0.2, 0) is 7.05 Å². The fourth-order valence-corrected chi connectivity index (χ4v) is 5.03. The highest BCUT2D eigenvalue weighted by molar-refractivity contribution is 6.35. The maximum absolute atomic E-state index is 13.9. The lowest BCUT2D eigenvalue weighted by Gasteiger charge is -2.19. The van der Waals surface area contributed by atoms with Crippen molar-refractivity contribution in [2.24, 2.45) is 7.05 Å². The minimum atomic E-state index is -1.01. The van der Waals surface area contributed by atoms with Crippen LogP contribution in [0.3, 0.4) is 0 Å². The zero-order valence-corrected chi connectivity index (χ0v) is 20.3. The van der Waals surface area contributed by atoms with Crippen molar-refractivity contribution in [3.8, 4) is 11.4 Å². The van der Waals surface area contributed by atoms with Crippen LogP contribution in [0.2, 0.25) is 10.0 Å². The van der Waals surface area contributed by atoms with E-state index in [1.54, 1.807) is 61.1 Å². The van der Waals surface area contributed by atoms with Crippen LogP contribution in [0.1, 0.15) is 28.3 Å². The van der Waals surface area contributed by atoms with Crippen molar-refractivity contribution in [1.29, 1.82) is 0 Å². The SMILES string of the molecule is Cc1c([C@H](c2ccc(Cl)cc2Cl)c2c(O)c3ccccc3oc2=O)c(=O)n(-c2ccccc2)n1C. The molecule has 0 radical (unpaired) electrons. The Bertz CT molecular complexity index is 1700. The zero-order valence-electron chi connectivity index (χ0n) is 18.8. The first-order valence-corrected chi connectivity index (χ1v) is 11.6. The molecule has 2 aromatic heterocycles. The van der Waals surface area contributed by atoms with Gasteiger partial charge in [-0.25, -0.2) is 9.48 Å². The van der Waals surface area contributed by atoms with E-state index in [0.29, 0.717) is 32.9 Å². The number of rotatable bonds is 4. The van der Waals surface area contributed by atoms with Crippen molar-refractivity contribution in [1.82, 2.24) is 9.36 Å². The van der Waals surface area contributed by atoms with E-state index in [0.717, 1.165) is 0 Å². The van der Waals surface area contributed by atoms with Gasteiger partial charge in [0, 0.05) is 22.8 Å². The van der Waals surface area contributed by atoms with Gasteiger partial charge in [-0.3, -0.25) is 9.48 Å². The van der Waals surface area contributed by atoms with Gasteiger partial charge >= 0.3 is 5.63 Å². The van der Waals surface area contributed by atoms with Gasteiger partial charge in [0.1, 0.15) is 11.3 Å². The minimum Gasteiger partial charge on any atom is -0.507 e. The Hall–Kier alpha value is -3.74. The van der Waals surface area contributed by atoms with E-state index in [1.165, 1.54) is 4.68 Å². The molecule has 5 rings (SSSR count). The fourth-order valence-electron chi connectivity index (χ4n) is 4.51. The van der Waals surface area contributed by atoms with Crippen molar-refractivity contribution < 1.29 is 9.52 Å². The maximum Gasteiger partial charge on any atom is 0.344 e. The molecule has 0 aliphatic rings. The number of halogens is 2. The molecule has 0 bridgehead atoms. The van der Waals surface area contributed by atoms with Crippen molar-refractivity contribution in [2.45, 2.75) is 12.8 Å². The quantitative estimate of drug-likeness (QED) is 0.313. The lowest BCUT2D eigenvalue weighted by atomic mass is 9.85. The van der Waals surface area contributed by atoms with Crippen LogP contribution in [-0.4, -0.2) is 14.5 Å². The average Bonchev–Trinajstić information content (AvgIpc) is 3.05. The molecule has 3 aromatic carbocycles. The molecule has 35 heavy (non-hydrogen) atoms. The second-order valence-corrected chi connectivity index (χ2v) is 9.07. The highest BCUT2D eigenvalue weighted by Gasteiger charge is 2.33. The Morgan fingerprint density at radius 2 is 1.60 bits per heavy atom. The summed E-state index contributed by atoms with van der Waals surface area (Å²) < 4.78 is 8.79. The molecule has 1 N–H and O–H groups in total. The van der Waals surface area contributed by atoms with Crippen molar-refractivity contribution in [3.05, 3.63) is 126 Å². The Morgan fingerprint density at radius 1 is 0.914 bits per heavy atom. The van der Waals surface area contributed by atoms with Gasteiger partial charge in [-0.05, 0) is 48.9 Å². The van der Waals surface area contributed by atoms with Crippen LogP contribution in [0.5, 0.6) is 5.75 Å². The number of aromatic nitrogens is 2. The van der Waals surface area contributed by atoms with E-state index in [2.05, 4.69) is 0 Å². The van der Waals surface area contributed by atoms with E-state index in [-0.39, 0.29) is 27.5 Å². The molecule has 8 heteroatoms. The first-order valence-electron chi connectivity index (χ1n) is 10.8. The predicted molar refractivity (Wildman–Crippen MR) is 137 cm³/mol. The van der Waals surface area contributed by atoms with E-state index in [1.807, 2.05) is 30.3 Å². The lowest BCUT2D eigenvalue weighted by molar-refractivity contribution is 0.455. The molecule has 0 aliphatic heterocycles. The second kappa shape index (κ2) is 8.80. The summed E-state index contributed by atoms with van der Waals surface area (Å²) in [6.45, 7) is 1.78. The van der Waals surface area contributed by atoms with E-state index >= 15 is 0 Å². The fraction of sp³-hybridized carbons (Fsp3) is 0.111. The van der Waals surface area contributed by atoms with Gasteiger partial charge in [-0.1, -0.05) is 59.6 Å². The molecule has 5 aromatic rings. The van der Waals surface area contributed by atoms with Gasteiger partial charge in [0.2, 0.25) is 0 Å². The zero-order chi connectivity index (χ0) is 24.9. The number of benzene rings is 3. The van der Waals surface area contributed by atoms with Gasteiger partial charge < -0.3 is 9.52 Å². The minimum absolute atomic E-state index is 0.0704. The van der Waals surface area contributed by atoms with E-state index in [4.69, 9.17) is 27.6 Å². The standard InChI is InChI=1S/C27H20Cl2N2O4/c1-15-22(26(33)31(30(15)2)17-8-4-3-5-9-17)23(18-13-12-16(28)14-20(18)29)24-25(32)19-10-6-7-11-21(19)35-27(24)34/h3-14,23,32H,1-2H3/t23-/m0/s1. The summed E-state index contributed by atoms with van der Waals surface area (Å²) >= 11 is 12.7. The summed E-state index contributed by atoms with van der Waals surface area (Å²) in [6.07, 6.45) is 0. The third-order valence-corrected chi connectivity index (χ3v) is 6.83. The number of aromatic hydroxyl groups is 1. The van der Waals surface area contributed by atoms with Gasteiger partial charge in [0.15, 0.2) is 0 Å². The summed E-state index contributed by atoms with van der Waals surface area (Å²) in [6, 6.07) is 20.7. The molecular formula is C27H20Cl2N2O4. The van der Waals surface area contributed by atoms with Crippen LogP contribution >= 0.6 is 23.2 Å². The molecule has 0 saturated carbocycles. The summed E-state index contributed by atoms with van der Waals surface area (Å²) in [7, 11) is 1.76. The highest BCUT2D eigenvalue weighted by atomic mass is 35.5. The number of fused-ring (bicyclic) bond motifs is 1. The molecule has 0 aliphatic carbocycles. The molecule has 0 saturated heterocycles. The van der Waals surface area contributed by atoms with Crippen molar-refractivity contribution in [3.63, 3.8) is 0 Å². The summed E-state index contributed by atoms with van der Waals surface area (Å²) in [5, 5.41) is 12.3. The predicted octanol–water partition coefficient (Wildman–Crippen LogP) is 5.78. The van der Waals surface area contributed by atoms with Crippen LogP contribution in [0.4, 0.5) is 0 Å². The number of nitrogens with zero attached hydrogens (tertiary/aromatic N) is 2. The third-order valence-electron chi connectivity index (χ3n) is 6.27. The molecule has 0 unspecified atom stereocenters. The van der Waals surface area contributed by atoms with Crippen molar-refractivity contribution >= 4 is 34.2 Å². The molecule has 0 amide bonds. The highest BCUT2D eigenvalue weighted by Crippen LogP contribution is 2.41. The van der Waals surface area contributed by atoms with Crippen LogP contribution in [0, 0.1) is 6.92 Å². The first-order chi connectivity index (χ1) is 16.8. The Balaban J connectivity index is 1.90. The van der Waals surface area contributed by atoms with Crippen LogP contribution in [0.15, 0.2) is 86.8 Å². The smallest absolute Gasteiger partial charge is 0.344 e. The normalized spacial score (nSPS) is 12.2. The first kappa shape index (κ1) is 23.0. The Labute approximate surface area is 210 Å². The molecular weight excluding hydrogens is 487 g/mol. The molecule has 0 spiro atoms. The van der Waals surface area contributed by atoms with Gasteiger partial charge in [-0.2, -0.15) is 0 Å². The van der Waals surface area contributed by atoms with E-state index in [9.17, 15) is 14.7 Å². The molecule has 1 atom stereocenters. The Kier molecular flexibility index (Phi) is 5.79. The van der Waals surface area contributed by atoms with Crippen molar-refractivity contribution in [2.75, 3.05) is 0 Å². The molecule has 0 fully saturated rings. The molecule has 2 heterocycles. The maximum atomic E-state index is 13.9. The second-order valence-electron chi connectivity index (χ2n) is 8.22. The number of hydrogen-bond donors (Lipinski definition) is 1. The van der Waals surface area contributed by atoms with Crippen LogP contribution in [0.25, 0.3) is 16.7 Å². The topological polar surface area (TPSA) is 77.4 Å². The number of para-hydroxylation sites is 2. The van der Waals surface area contributed by atoms with Gasteiger partial charge in [0.25, 0.3) is 5.56 Å². The average molecular weight is 507 g/mol. The monoisotopic (exact) mass is 506 g/mol. The summed E-state index contributed by atoms with van der Waals surface area (Å²) in [4.78, 5) is 27.2. The molecule has 6 nitrogen and oxygen atoms in total. The van der Waals surface area contributed by atoms with Gasteiger partial charge in [0.05, 0.1) is 28.1 Å². The Morgan fingerprint density at radius 3 is 2.31 bits per heavy atom. The largest absolute Gasteiger partial charge is 0.507 e. The van der Waals surface area contributed by atoms with E-state index < -0.39 is 11.5 Å². The summed E-state index contributed by atoms with van der Waals surface area (Å²) in [5.74, 6) is -1.27. The lowest BCUT2D eigenvalue weighted by Crippen LogP contribution is -2.25. The third kappa shape index (κ3) is 3.75. The number of hydrogen-bond acceptors (Lipinski definition) is 4. The summed E-state index contributed by atoms with van der Waals surface area (Å²) in [5.41, 5.74) is 1.06.